The predicted molar refractivity (Wildman–Crippen MR) is 71.4 cm³/mol. The van der Waals surface area contributed by atoms with E-state index in [0.29, 0.717) is 12.0 Å². The Kier molecular flexibility index (Phi) is 3.92. The molecule has 19 heavy (non-hydrogen) atoms. The first-order chi connectivity index (χ1) is 9.10. The fourth-order valence-corrected chi connectivity index (χ4v) is 2.02. The molecule has 0 amide bonds. The molecule has 0 aromatic heterocycles. The van der Waals surface area contributed by atoms with E-state index in [1.165, 1.54) is 12.1 Å². The summed E-state index contributed by atoms with van der Waals surface area (Å²) in [5.41, 5.74) is 1.54. The van der Waals surface area contributed by atoms with Gasteiger partial charge in [0, 0.05) is 12.0 Å². The number of benzene rings is 2. The first-order valence-electron chi connectivity index (χ1n) is 6.01. The van der Waals surface area contributed by atoms with Crippen molar-refractivity contribution in [2.24, 2.45) is 0 Å². The molecule has 0 radical (unpaired) electrons. The van der Waals surface area contributed by atoms with Gasteiger partial charge in [-0.1, -0.05) is 18.2 Å². The Morgan fingerprint density at radius 3 is 2.05 bits per heavy atom. The Hall–Kier alpha value is -2.20. The zero-order valence-corrected chi connectivity index (χ0v) is 10.3. The molecule has 4 N–H and O–H groups in total. The van der Waals surface area contributed by atoms with E-state index in [1.807, 2.05) is 0 Å². The van der Waals surface area contributed by atoms with Crippen molar-refractivity contribution in [3.8, 4) is 17.2 Å². The molecule has 100 valence electrons. The van der Waals surface area contributed by atoms with Gasteiger partial charge in [-0.05, 0) is 35.7 Å². The number of hydrogen-bond donors (Lipinski definition) is 4. The Bertz CT molecular complexity index is 549. The van der Waals surface area contributed by atoms with Crippen LogP contribution >= 0.6 is 0 Å². The summed E-state index contributed by atoms with van der Waals surface area (Å²) in [4.78, 5) is 0. The quantitative estimate of drug-likeness (QED) is 0.679. The average molecular weight is 260 g/mol. The van der Waals surface area contributed by atoms with Crippen LogP contribution in [0.1, 0.15) is 17.0 Å². The number of hydrogen-bond acceptors (Lipinski definition) is 4. The van der Waals surface area contributed by atoms with Crippen molar-refractivity contribution in [1.29, 1.82) is 0 Å². The highest BCUT2D eigenvalue weighted by Crippen LogP contribution is 2.29. The normalized spacial score (nSPS) is 12.3. The number of aliphatic hydroxyl groups is 1. The first kappa shape index (κ1) is 13.2. The highest BCUT2D eigenvalue weighted by Gasteiger charge is 2.14. The number of rotatable bonds is 4. The van der Waals surface area contributed by atoms with Gasteiger partial charge in [0.25, 0.3) is 0 Å². The van der Waals surface area contributed by atoms with Crippen LogP contribution < -0.4 is 0 Å². The molecule has 4 heteroatoms. The largest absolute Gasteiger partial charge is 0.508 e. The number of aromatic hydroxyl groups is 3. The van der Waals surface area contributed by atoms with Gasteiger partial charge < -0.3 is 20.4 Å². The lowest BCUT2D eigenvalue weighted by atomic mass is 9.92. The van der Waals surface area contributed by atoms with Crippen molar-refractivity contribution in [2.75, 3.05) is 6.61 Å². The second kappa shape index (κ2) is 5.63. The molecule has 0 heterocycles. The van der Waals surface area contributed by atoms with E-state index in [0.717, 1.165) is 5.56 Å². The van der Waals surface area contributed by atoms with E-state index in [-0.39, 0.29) is 29.8 Å². The topological polar surface area (TPSA) is 80.9 Å². The molecule has 0 aliphatic carbocycles. The van der Waals surface area contributed by atoms with Gasteiger partial charge in [0.05, 0.1) is 6.61 Å². The van der Waals surface area contributed by atoms with Crippen molar-refractivity contribution < 1.29 is 20.4 Å². The minimum Gasteiger partial charge on any atom is -0.508 e. The van der Waals surface area contributed by atoms with Crippen molar-refractivity contribution in [1.82, 2.24) is 0 Å². The molecule has 0 aliphatic rings. The third-order valence-corrected chi connectivity index (χ3v) is 3.12. The van der Waals surface area contributed by atoms with E-state index in [1.54, 1.807) is 30.3 Å². The molecular weight excluding hydrogens is 244 g/mol. The molecule has 0 saturated heterocycles. The van der Waals surface area contributed by atoms with Gasteiger partial charge in [0.2, 0.25) is 0 Å². The van der Waals surface area contributed by atoms with Gasteiger partial charge in [0.15, 0.2) is 0 Å². The molecule has 2 aromatic rings. The van der Waals surface area contributed by atoms with Crippen LogP contribution in [0.4, 0.5) is 0 Å². The second-order valence-corrected chi connectivity index (χ2v) is 4.49. The maximum absolute atomic E-state index is 9.75. The smallest absolute Gasteiger partial charge is 0.122 e. The highest BCUT2D eigenvalue weighted by molar-refractivity contribution is 5.40. The van der Waals surface area contributed by atoms with E-state index in [2.05, 4.69) is 0 Å². The van der Waals surface area contributed by atoms with Crippen LogP contribution in [0.25, 0.3) is 0 Å². The molecule has 2 aromatic carbocycles. The van der Waals surface area contributed by atoms with Crippen molar-refractivity contribution in [2.45, 2.75) is 12.3 Å². The average Bonchev–Trinajstić information content (AvgIpc) is 2.39. The van der Waals surface area contributed by atoms with Crippen LogP contribution in [0.15, 0.2) is 42.5 Å². The van der Waals surface area contributed by atoms with E-state index in [4.69, 9.17) is 0 Å². The molecule has 2 rings (SSSR count). The van der Waals surface area contributed by atoms with Gasteiger partial charge in [-0.2, -0.15) is 0 Å². The van der Waals surface area contributed by atoms with Gasteiger partial charge >= 0.3 is 0 Å². The Labute approximate surface area is 111 Å². The molecule has 0 saturated carbocycles. The molecule has 0 spiro atoms. The summed E-state index contributed by atoms with van der Waals surface area (Å²) in [5.74, 6) is 0.0209. The molecule has 1 unspecified atom stereocenters. The van der Waals surface area contributed by atoms with Crippen molar-refractivity contribution in [3.63, 3.8) is 0 Å². The highest BCUT2D eigenvalue weighted by atomic mass is 16.3. The minimum absolute atomic E-state index is 0.00596. The summed E-state index contributed by atoms with van der Waals surface area (Å²) in [6.07, 6.45) is 0.452. The van der Waals surface area contributed by atoms with Gasteiger partial charge in [-0.15, -0.1) is 0 Å². The zero-order valence-electron chi connectivity index (χ0n) is 10.3. The summed E-state index contributed by atoms with van der Waals surface area (Å²) in [7, 11) is 0. The molecule has 0 aliphatic heterocycles. The summed E-state index contributed by atoms with van der Waals surface area (Å²) in [6.45, 7) is -0.0644. The summed E-state index contributed by atoms with van der Waals surface area (Å²) < 4.78 is 0. The van der Waals surface area contributed by atoms with Gasteiger partial charge in [-0.25, -0.2) is 0 Å². The van der Waals surface area contributed by atoms with Crippen LogP contribution in [0.2, 0.25) is 0 Å². The van der Waals surface area contributed by atoms with Crippen LogP contribution in [0.5, 0.6) is 17.2 Å². The SMILES string of the molecule is OCC(Cc1ccc(O)cc1O)c1ccc(O)cc1. The summed E-state index contributed by atoms with van der Waals surface area (Å²) in [6, 6.07) is 11.0. The van der Waals surface area contributed by atoms with Crippen molar-refractivity contribution >= 4 is 0 Å². The number of phenolic OH excluding ortho intramolecular Hbond substituents is 3. The first-order valence-corrected chi connectivity index (χ1v) is 6.01. The third kappa shape index (κ3) is 3.17. The third-order valence-electron chi connectivity index (χ3n) is 3.12. The lowest BCUT2D eigenvalue weighted by molar-refractivity contribution is 0.263. The lowest BCUT2D eigenvalue weighted by Gasteiger charge is -2.15. The van der Waals surface area contributed by atoms with Gasteiger partial charge in [0.1, 0.15) is 17.2 Å². The van der Waals surface area contributed by atoms with Crippen LogP contribution in [-0.4, -0.2) is 27.0 Å². The minimum atomic E-state index is -0.170. The summed E-state index contributed by atoms with van der Waals surface area (Å²) >= 11 is 0. The predicted octanol–water partition coefficient (Wildman–Crippen LogP) is 2.12. The fraction of sp³-hybridized carbons (Fsp3) is 0.200. The maximum atomic E-state index is 9.75. The number of aliphatic hydroxyl groups excluding tert-OH is 1. The van der Waals surface area contributed by atoms with Crippen LogP contribution in [0.3, 0.4) is 0 Å². The molecule has 1 atom stereocenters. The zero-order chi connectivity index (χ0) is 13.8. The Morgan fingerprint density at radius 1 is 0.842 bits per heavy atom. The lowest BCUT2D eigenvalue weighted by Crippen LogP contribution is -2.07. The number of phenols is 3. The Balaban J connectivity index is 2.21. The van der Waals surface area contributed by atoms with Crippen LogP contribution in [0, 0.1) is 0 Å². The Morgan fingerprint density at radius 2 is 1.47 bits per heavy atom. The molecule has 0 fully saturated rings. The molecule has 4 nitrogen and oxygen atoms in total. The van der Waals surface area contributed by atoms with Crippen LogP contribution in [-0.2, 0) is 6.42 Å². The summed E-state index contributed by atoms with van der Waals surface area (Å²) in [5, 5.41) is 37.7. The standard InChI is InChI=1S/C15H16O4/c16-9-12(10-1-4-13(17)5-2-10)7-11-3-6-14(18)8-15(11)19/h1-6,8,12,16-19H,7,9H2. The molecular formula is C15H16O4. The fourth-order valence-electron chi connectivity index (χ4n) is 2.02. The van der Waals surface area contributed by atoms with Gasteiger partial charge in [-0.3, -0.25) is 0 Å². The van der Waals surface area contributed by atoms with Crippen molar-refractivity contribution in [3.05, 3.63) is 53.6 Å². The van der Waals surface area contributed by atoms with E-state index in [9.17, 15) is 20.4 Å². The van der Waals surface area contributed by atoms with E-state index < -0.39 is 0 Å². The monoisotopic (exact) mass is 260 g/mol. The van der Waals surface area contributed by atoms with E-state index >= 15 is 0 Å². The maximum Gasteiger partial charge on any atom is 0.122 e. The molecule has 0 bridgehead atoms. The second-order valence-electron chi connectivity index (χ2n) is 4.49.